The number of amides is 3. The van der Waals surface area contributed by atoms with Crippen LogP contribution in [-0.4, -0.2) is 38.8 Å². The number of benzene rings is 2. The minimum absolute atomic E-state index is 0.00851. The highest BCUT2D eigenvalue weighted by Gasteiger charge is 2.36. The van der Waals surface area contributed by atoms with Crippen molar-refractivity contribution >= 4 is 63.2 Å². The number of nitrogens with two attached hydrogens (primary N) is 1. The normalized spacial score (nSPS) is 15.3. The van der Waals surface area contributed by atoms with Crippen molar-refractivity contribution in [1.82, 2.24) is 9.47 Å². The average Bonchev–Trinajstić information content (AvgIpc) is 3.20. The number of halogens is 1. The zero-order valence-electron chi connectivity index (χ0n) is 16.1. The van der Waals surface area contributed by atoms with Gasteiger partial charge < -0.3 is 10.3 Å². The first kappa shape index (κ1) is 20.9. The lowest BCUT2D eigenvalue weighted by Gasteiger charge is -2.11. The lowest BCUT2D eigenvalue weighted by Crippen LogP contribution is -2.33. The molecule has 0 saturated carbocycles. The Morgan fingerprint density at radius 3 is 2.45 bits per heavy atom. The van der Waals surface area contributed by atoms with Gasteiger partial charge in [0.05, 0.1) is 11.4 Å². The Bertz CT molecular complexity index is 1260. The zero-order valence-corrected chi connectivity index (χ0v) is 17.7. The van der Waals surface area contributed by atoms with Crippen LogP contribution in [0.1, 0.15) is 15.9 Å². The van der Waals surface area contributed by atoms with E-state index in [0.717, 1.165) is 27.6 Å². The minimum Gasteiger partial charge on any atom is -0.368 e. The molecule has 4 rings (SSSR count). The number of rotatable bonds is 6. The number of Topliss-reactive ketones (excluding diaryl/α,β-unsaturated/α-hetero) is 1. The van der Waals surface area contributed by atoms with Crippen LogP contribution in [0.3, 0.4) is 0 Å². The highest BCUT2D eigenvalue weighted by Crippen LogP contribution is 2.34. The van der Waals surface area contributed by atoms with Gasteiger partial charge in [-0.2, -0.15) is 0 Å². The van der Waals surface area contributed by atoms with Gasteiger partial charge in [0.25, 0.3) is 11.1 Å². The third kappa shape index (κ3) is 4.26. The van der Waals surface area contributed by atoms with Gasteiger partial charge in [-0.15, -0.1) is 0 Å². The number of primary amides is 1. The number of imide groups is 1. The minimum atomic E-state index is -0.538. The fourth-order valence-electron chi connectivity index (χ4n) is 3.34. The molecule has 0 spiro atoms. The SMILES string of the molecule is NC(=O)Cn1cc(/C=C2\SC(=O)N(CC(=O)c3ccc(Cl)cc3)C2=O)c2ccccc21. The summed E-state index contributed by atoms with van der Waals surface area (Å²) in [6.07, 6.45) is 3.31. The van der Waals surface area contributed by atoms with Crippen LogP contribution in [0.15, 0.2) is 59.6 Å². The number of fused-ring (bicyclic) bond motifs is 1. The molecule has 0 aliphatic carbocycles. The van der Waals surface area contributed by atoms with E-state index in [1.807, 2.05) is 24.3 Å². The molecule has 1 aliphatic rings. The molecule has 31 heavy (non-hydrogen) atoms. The smallest absolute Gasteiger partial charge is 0.293 e. The Balaban J connectivity index is 1.61. The van der Waals surface area contributed by atoms with Crippen molar-refractivity contribution in [3.05, 3.63) is 75.8 Å². The van der Waals surface area contributed by atoms with Gasteiger partial charge in [-0.3, -0.25) is 24.1 Å². The predicted molar refractivity (Wildman–Crippen MR) is 120 cm³/mol. The molecule has 3 aromatic rings. The molecule has 2 aromatic carbocycles. The Morgan fingerprint density at radius 1 is 1.03 bits per heavy atom. The first-order chi connectivity index (χ1) is 14.8. The predicted octanol–water partition coefficient (Wildman–Crippen LogP) is 3.70. The third-order valence-electron chi connectivity index (χ3n) is 4.77. The highest BCUT2D eigenvalue weighted by molar-refractivity contribution is 8.18. The number of hydrogen-bond acceptors (Lipinski definition) is 5. The molecule has 7 nitrogen and oxygen atoms in total. The Labute approximate surface area is 186 Å². The lowest BCUT2D eigenvalue weighted by molar-refractivity contribution is -0.122. The van der Waals surface area contributed by atoms with E-state index >= 15 is 0 Å². The van der Waals surface area contributed by atoms with Crippen molar-refractivity contribution in [2.75, 3.05) is 6.54 Å². The molecular weight excluding hydrogens is 438 g/mol. The van der Waals surface area contributed by atoms with Gasteiger partial charge >= 0.3 is 0 Å². The monoisotopic (exact) mass is 453 g/mol. The molecular formula is C22H16ClN3O4S. The number of carbonyl (C=O) groups is 4. The first-order valence-corrected chi connectivity index (χ1v) is 10.4. The van der Waals surface area contributed by atoms with Gasteiger partial charge in [0.1, 0.15) is 6.54 Å². The van der Waals surface area contributed by atoms with Crippen LogP contribution in [0.2, 0.25) is 5.02 Å². The maximum absolute atomic E-state index is 12.8. The number of carbonyl (C=O) groups excluding carboxylic acids is 4. The molecule has 0 radical (unpaired) electrons. The molecule has 2 N–H and O–H groups in total. The Hall–Kier alpha value is -3.36. The number of ketones is 1. The van der Waals surface area contributed by atoms with E-state index in [-0.39, 0.29) is 23.8 Å². The Morgan fingerprint density at radius 2 is 1.74 bits per heavy atom. The van der Waals surface area contributed by atoms with Gasteiger partial charge in [0.2, 0.25) is 5.91 Å². The standard InChI is InChI=1S/C22H16ClN3O4S/c23-15-7-5-13(6-8-15)18(27)11-26-21(29)19(31-22(26)30)9-14-10-25(12-20(24)28)17-4-2-1-3-16(14)17/h1-10H,11-12H2,(H2,24,28)/b19-9-. The molecule has 1 aliphatic heterocycles. The van der Waals surface area contributed by atoms with Crippen LogP contribution in [0.4, 0.5) is 4.79 Å². The largest absolute Gasteiger partial charge is 0.368 e. The fraction of sp³-hybridized carbons (Fsp3) is 0.0909. The van der Waals surface area contributed by atoms with Crippen LogP contribution in [0.5, 0.6) is 0 Å². The summed E-state index contributed by atoms with van der Waals surface area (Å²) in [5.74, 6) is -1.39. The van der Waals surface area contributed by atoms with Gasteiger partial charge in [0, 0.05) is 33.2 Å². The Kier molecular flexibility index (Phi) is 5.67. The molecule has 3 amide bonds. The number of hydrogen-bond donors (Lipinski definition) is 1. The summed E-state index contributed by atoms with van der Waals surface area (Å²) >= 11 is 6.60. The van der Waals surface area contributed by atoms with Crippen LogP contribution < -0.4 is 5.73 Å². The van der Waals surface area contributed by atoms with Gasteiger partial charge in [0.15, 0.2) is 5.78 Å². The number of para-hydroxylation sites is 1. The van der Waals surface area contributed by atoms with Crippen LogP contribution >= 0.6 is 23.4 Å². The highest BCUT2D eigenvalue weighted by atomic mass is 35.5. The summed E-state index contributed by atoms with van der Waals surface area (Å²) in [5.41, 5.74) is 7.14. The summed E-state index contributed by atoms with van der Waals surface area (Å²) in [6.45, 7) is -0.363. The second-order valence-corrected chi connectivity index (χ2v) is 8.32. The summed E-state index contributed by atoms with van der Waals surface area (Å²) in [7, 11) is 0. The molecule has 0 unspecified atom stereocenters. The van der Waals surface area contributed by atoms with Crippen LogP contribution in [0, 0.1) is 0 Å². The van der Waals surface area contributed by atoms with E-state index in [2.05, 4.69) is 0 Å². The van der Waals surface area contributed by atoms with E-state index in [9.17, 15) is 19.2 Å². The maximum atomic E-state index is 12.8. The van der Waals surface area contributed by atoms with Crippen molar-refractivity contribution in [1.29, 1.82) is 0 Å². The summed E-state index contributed by atoms with van der Waals surface area (Å²) < 4.78 is 1.69. The molecule has 1 saturated heterocycles. The summed E-state index contributed by atoms with van der Waals surface area (Å²) in [5, 5.41) is 0.786. The molecule has 1 fully saturated rings. The first-order valence-electron chi connectivity index (χ1n) is 9.24. The van der Waals surface area contributed by atoms with Gasteiger partial charge in [-0.25, -0.2) is 0 Å². The second kappa shape index (κ2) is 8.41. The van der Waals surface area contributed by atoms with Crippen molar-refractivity contribution in [3.8, 4) is 0 Å². The van der Waals surface area contributed by atoms with Crippen molar-refractivity contribution in [3.63, 3.8) is 0 Å². The second-order valence-electron chi connectivity index (χ2n) is 6.89. The van der Waals surface area contributed by atoms with Crippen molar-refractivity contribution < 1.29 is 19.2 Å². The van der Waals surface area contributed by atoms with Crippen molar-refractivity contribution in [2.45, 2.75) is 6.54 Å². The van der Waals surface area contributed by atoms with Gasteiger partial charge in [-0.1, -0.05) is 29.8 Å². The van der Waals surface area contributed by atoms with E-state index in [4.69, 9.17) is 17.3 Å². The molecule has 0 atom stereocenters. The number of nitrogens with zero attached hydrogens (tertiary/aromatic N) is 2. The van der Waals surface area contributed by atoms with E-state index in [0.29, 0.717) is 16.1 Å². The van der Waals surface area contributed by atoms with E-state index < -0.39 is 17.1 Å². The molecule has 1 aromatic heterocycles. The van der Waals surface area contributed by atoms with E-state index in [1.165, 1.54) is 0 Å². The number of aromatic nitrogens is 1. The lowest BCUT2D eigenvalue weighted by atomic mass is 10.1. The van der Waals surface area contributed by atoms with E-state index in [1.54, 1.807) is 41.1 Å². The number of thioether (sulfide) groups is 1. The van der Waals surface area contributed by atoms with Crippen molar-refractivity contribution in [2.24, 2.45) is 5.73 Å². The third-order valence-corrected chi connectivity index (χ3v) is 5.93. The summed E-state index contributed by atoms with van der Waals surface area (Å²) in [6, 6.07) is 13.6. The fourth-order valence-corrected chi connectivity index (χ4v) is 4.29. The summed E-state index contributed by atoms with van der Waals surface area (Å²) in [4.78, 5) is 50.2. The maximum Gasteiger partial charge on any atom is 0.293 e. The quantitative estimate of drug-likeness (QED) is 0.453. The molecule has 0 bridgehead atoms. The van der Waals surface area contributed by atoms with Crippen LogP contribution in [-0.2, 0) is 16.1 Å². The molecule has 9 heteroatoms. The van der Waals surface area contributed by atoms with Crippen LogP contribution in [0.25, 0.3) is 17.0 Å². The zero-order chi connectivity index (χ0) is 22.1. The average molecular weight is 454 g/mol. The molecule has 156 valence electrons. The molecule has 2 heterocycles. The topological polar surface area (TPSA) is 102 Å². The van der Waals surface area contributed by atoms with Gasteiger partial charge in [-0.05, 0) is 48.2 Å².